The number of ether oxygens (including phenoxy) is 1. The van der Waals surface area contributed by atoms with Crippen LogP contribution in [0.15, 0.2) is 53.4 Å². The first kappa shape index (κ1) is 21.3. The van der Waals surface area contributed by atoms with Gasteiger partial charge in [-0.2, -0.15) is 0 Å². The summed E-state index contributed by atoms with van der Waals surface area (Å²) in [6.45, 7) is 5.80. The fourth-order valence-electron chi connectivity index (χ4n) is 3.38. The molecule has 2 amide bonds. The van der Waals surface area contributed by atoms with E-state index in [9.17, 15) is 4.79 Å². The van der Waals surface area contributed by atoms with E-state index < -0.39 is 0 Å². The van der Waals surface area contributed by atoms with Gasteiger partial charge in [-0.25, -0.2) is 4.79 Å². The Balaban J connectivity index is 1.30. The number of nitrogens with one attached hydrogen (secondary N) is 2. The quantitative estimate of drug-likeness (QED) is 0.509. The summed E-state index contributed by atoms with van der Waals surface area (Å²) in [7, 11) is 1.69. The van der Waals surface area contributed by atoms with E-state index in [1.807, 2.05) is 42.7 Å². The van der Waals surface area contributed by atoms with Gasteiger partial charge in [-0.15, -0.1) is 11.8 Å². The van der Waals surface area contributed by atoms with Gasteiger partial charge in [0.15, 0.2) is 0 Å². The average Bonchev–Trinajstić information content (AvgIpc) is 2.78. The van der Waals surface area contributed by atoms with Gasteiger partial charge in [0.05, 0.1) is 7.11 Å². The molecule has 0 aliphatic carbocycles. The Morgan fingerprint density at radius 1 is 1.03 bits per heavy atom. The molecule has 2 aromatic rings. The Bertz CT molecular complexity index is 759. The van der Waals surface area contributed by atoms with Crippen molar-refractivity contribution < 1.29 is 9.53 Å². The number of carbonyl (C=O) groups is 1. The number of anilines is 2. The van der Waals surface area contributed by atoms with Gasteiger partial charge in [-0.05, 0) is 67.8 Å². The second-order valence-electron chi connectivity index (χ2n) is 6.99. The summed E-state index contributed by atoms with van der Waals surface area (Å²) in [6.07, 6.45) is 2.98. The van der Waals surface area contributed by atoms with E-state index in [4.69, 9.17) is 4.74 Å². The van der Waals surface area contributed by atoms with Gasteiger partial charge in [0, 0.05) is 49.0 Å². The Hall–Kier alpha value is -2.38. The second-order valence-corrected chi connectivity index (χ2v) is 7.87. The van der Waals surface area contributed by atoms with Crippen LogP contribution in [0, 0.1) is 0 Å². The molecule has 29 heavy (non-hydrogen) atoms. The number of amides is 2. The highest BCUT2D eigenvalue weighted by molar-refractivity contribution is 7.98. The molecule has 1 saturated heterocycles. The summed E-state index contributed by atoms with van der Waals surface area (Å²) in [5.41, 5.74) is 2.06. The van der Waals surface area contributed by atoms with E-state index in [0.717, 1.165) is 50.6 Å². The summed E-state index contributed by atoms with van der Waals surface area (Å²) in [5, 5.41) is 5.82. The summed E-state index contributed by atoms with van der Waals surface area (Å²) < 4.78 is 5.23. The number of methoxy groups -OCH3 is 1. The van der Waals surface area contributed by atoms with Crippen LogP contribution in [0.5, 0.6) is 5.75 Å². The zero-order valence-corrected chi connectivity index (χ0v) is 18.0. The van der Waals surface area contributed by atoms with Crippen molar-refractivity contribution in [3.63, 3.8) is 0 Å². The molecule has 0 saturated carbocycles. The van der Waals surface area contributed by atoms with Crippen LogP contribution >= 0.6 is 11.8 Å². The Labute approximate surface area is 177 Å². The lowest BCUT2D eigenvalue weighted by Gasteiger charge is -2.36. The number of thioether (sulfide) groups is 1. The maximum atomic E-state index is 12.0. The number of rotatable bonds is 8. The predicted molar refractivity (Wildman–Crippen MR) is 122 cm³/mol. The van der Waals surface area contributed by atoms with Crippen LogP contribution in [-0.2, 0) is 0 Å². The number of nitrogens with zero attached hydrogens (tertiary/aromatic N) is 2. The summed E-state index contributed by atoms with van der Waals surface area (Å²) >= 11 is 1.69. The second kappa shape index (κ2) is 11.0. The minimum absolute atomic E-state index is 0.147. The molecule has 2 N–H and O–H groups in total. The van der Waals surface area contributed by atoms with Crippen molar-refractivity contribution >= 4 is 29.2 Å². The van der Waals surface area contributed by atoms with Crippen LogP contribution in [0.2, 0.25) is 0 Å². The van der Waals surface area contributed by atoms with E-state index in [2.05, 4.69) is 32.6 Å². The molecule has 0 spiro atoms. The van der Waals surface area contributed by atoms with E-state index in [1.165, 1.54) is 10.6 Å². The number of hydrogen-bond acceptors (Lipinski definition) is 5. The monoisotopic (exact) mass is 414 g/mol. The first-order chi connectivity index (χ1) is 14.2. The number of urea groups is 1. The smallest absolute Gasteiger partial charge is 0.319 e. The molecule has 0 bridgehead atoms. The largest absolute Gasteiger partial charge is 0.497 e. The van der Waals surface area contributed by atoms with Crippen LogP contribution in [0.4, 0.5) is 16.2 Å². The molecule has 0 atom stereocenters. The first-order valence-electron chi connectivity index (χ1n) is 9.98. The van der Waals surface area contributed by atoms with Gasteiger partial charge in [-0.1, -0.05) is 0 Å². The van der Waals surface area contributed by atoms with Crippen LogP contribution in [0.1, 0.15) is 6.42 Å². The van der Waals surface area contributed by atoms with Crippen molar-refractivity contribution in [2.24, 2.45) is 0 Å². The maximum Gasteiger partial charge on any atom is 0.319 e. The minimum atomic E-state index is -0.147. The standard InChI is InChI=1S/C22H30N4O2S/c1-28-20-8-6-19(7-9-20)26-16-14-25(15-17-26)13-3-12-23-22(27)24-18-4-10-21(29-2)11-5-18/h4-11H,3,12-17H2,1-2H3,(H2,23,24,27). The van der Waals surface area contributed by atoms with E-state index >= 15 is 0 Å². The molecule has 3 rings (SSSR count). The SMILES string of the molecule is COc1ccc(N2CCN(CCCNC(=O)Nc3ccc(SC)cc3)CC2)cc1. The molecule has 2 aromatic carbocycles. The van der Waals surface area contributed by atoms with Crippen molar-refractivity contribution in [3.05, 3.63) is 48.5 Å². The number of piperazine rings is 1. The summed E-state index contributed by atoms with van der Waals surface area (Å²) in [4.78, 5) is 18.1. The van der Waals surface area contributed by atoms with E-state index in [1.54, 1.807) is 18.9 Å². The molecule has 1 aliphatic heterocycles. The topological polar surface area (TPSA) is 56.8 Å². The lowest BCUT2D eigenvalue weighted by Crippen LogP contribution is -2.47. The summed E-state index contributed by atoms with van der Waals surface area (Å²) in [6, 6.07) is 16.0. The number of benzene rings is 2. The molecule has 1 aliphatic rings. The zero-order valence-electron chi connectivity index (χ0n) is 17.2. The van der Waals surface area contributed by atoms with Gasteiger partial charge in [0.1, 0.15) is 5.75 Å². The third-order valence-corrected chi connectivity index (χ3v) is 5.84. The van der Waals surface area contributed by atoms with E-state index in [0.29, 0.717) is 6.54 Å². The van der Waals surface area contributed by atoms with Crippen molar-refractivity contribution in [3.8, 4) is 5.75 Å². The molecule has 0 aromatic heterocycles. The van der Waals surface area contributed by atoms with Crippen molar-refractivity contribution in [1.29, 1.82) is 0 Å². The number of carbonyl (C=O) groups excluding carboxylic acids is 1. The van der Waals surface area contributed by atoms with Gasteiger partial charge in [-0.3, -0.25) is 4.90 Å². The molecule has 6 nitrogen and oxygen atoms in total. The van der Waals surface area contributed by atoms with Gasteiger partial charge < -0.3 is 20.3 Å². The Morgan fingerprint density at radius 3 is 2.34 bits per heavy atom. The Kier molecular flexibility index (Phi) is 8.07. The fraction of sp³-hybridized carbons (Fsp3) is 0.409. The fourth-order valence-corrected chi connectivity index (χ4v) is 3.79. The van der Waals surface area contributed by atoms with Crippen LogP contribution in [0.3, 0.4) is 0 Å². The number of hydrogen-bond donors (Lipinski definition) is 2. The third kappa shape index (κ3) is 6.58. The molecular formula is C22H30N4O2S. The molecule has 0 unspecified atom stereocenters. The third-order valence-electron chi connectivity index (χ3n) is 5.09. The first-order valence-corrected chi connectivity index (χ1v) is 11.2. The highest BCUT2D eigenvalue weighted by Gasteiger charge is 2.16. The predicted octanol–water partition coefficient (Wildman–Crippen LogP) is 3.75. The molecule has 1 fully saturated rings. The highest BCUT2D eigenvalue weighted by atomic mass is 32.2. The van der Waals surface area contributed by atoms with Crippen LogP contribution in [-0.4, -0.2) is 63.6 Å². The lowest BCUT2D eigenvalue weighted by molar-refractivity contribution is 0.244. The summed E-state index contributed by atoms with van der Waals surface area (Å²) in [5.74, 6) is 0.890. The van der Waals surface area contributed by atoms with Crippen molar-refractivity contribution in [2.75, 3.05) is 62.9 Å². The van der Waals surface area contributed by atoms with Crippen LogP contribution < -0.4 is 20.3 Å². The Morgan fingerprint density at radius 2 is 1.72 bits per heavy atom. The molecular weight excluding hydrogens is 384 g/mol. The van der Waals surface area contributed by atoms with Crippen molar-refractivity contribution in [2.45, 2.75) is 11.3 Å². The zero-order chi connectivity index (χ0) is 20.5. The lowest BCUT2D eigenvalue weighted by atomic mass is 10.2. The average molecular weight is 415 g/mol. The molecule has 1 heterocycles. The van der Waals surface area contributed by atoms with E-state index in [-0.39, 0.29) is 6.03 Å². The van der Waals surface area contributed by atoms with Gasteiger partial charge in [0.25, 0.3) is 0 Å². The van der Waals surface area contributed by atoms with Gasteiger partial charge >= 0.3 is 6.03 Å². The van der Waals surface area contributed by atoms with Gasteiger partial charge in [0.2, 0.25) is 0 Å². The maximum absolute atomic E-state index is 12.0. The molecule has 0 radical (unpaired) electrons. The minimum Gasteiger partial charge on any atom is -0.497 e. The molecule has 7 heteroatoms. The normalized spacial score (nSPS) is 14.5. The van der Waals surface area contributed by atoms with Crippen molar-refractivity contribution in [1.82, 2.24) is 10.2 Å². The highest BCUT2D eigenvalue weighted by Crippen LogP contribution is 2.20. The van der Waals surface area contributed by atoms with Crippen LogP contribution in [0.25, 0.3) is 0 Å². The molecule has 156 valence electrons.